The second kappa shape index (κ2) is 6.20. The Kier molecular flexibility index (Phi) is 3.74. The second-order valence-electron chi connectivity index (χ2n) is 5.56. The molecule has 25 heavy (non-hydrogen) atoms. The number of nitrogens with one attached hydrogen (secondary N) is 2. The molecule has 0 bridgehead atoms. The second-order valence-corrected chi connectivity index (χ2v) is 5.56. The van der Waals surface area contributed by atoms with Gasteiger partial charge in [-0.15, -0.1) is 0 Å². The number of pyridine rings is 2. The van der Waals surface area contributed by atoms with Crippen LogP contribution in [0.25, 0.3) is 10.9 Å². The monoisotopic (exact) mass is 335 g/mol. The summed E-state index contributed by atoms with van der Waals surface area (Å²) in [7, 11) is 0. The van der Waals surface area contributed by atoms with Gasteiger partial charge in [-0.1, -0.05) is 18.2 Å². The fourth-order valence-corrected chi connectivity index (χ4v) is 2.61. The molecule has 0 fully saturated rings. The van der Waals surface area contributed by atoms with Crippen LogP contribution in [0.1, 0.15) is 5.56 Å². The van der Waals surface area contributed by atoms with Gasteiger partial charge in [-0.25, -0.2) is 9.37 Å². The fraction of sp³-hybridized carbons (Fsp3) is 0.0556. The number of aromatic amines is 1. The molecule has 0 radical (unpaired) electrons. The Labute approximate surface area is 142 Å². The molecule has 0 aliphatic carbocycles. The SMILES string of the molecule is O=c1[nH]cccc1Nc1cc2c(cn1)cnn2Cc1ccccc1F. The molecular formula is C18H14FN5O. The van der Waals surface area contributed by atoms with Gasteiger partial charge >= 0.3 is 0 Å². The quantitative estimate of drug-likeness (QED) is 0.601. The molecule has 3 heterocycles. The molecule has 124 valence electrons. The Hall–Kier alpha value is -3.48. The van der Waals surface area contributed by atoms with E-state index in [0.717, 1.165) is 10.9 Å². The molecule has 0 atom stereocenters. The van der Waals surface area contributed by atoms with E-state index in [1.807, 2.05) is 0 Å². The summed E-state index contributed by atoms with van der Waals surface area (Å²) in [6, 6.07) is 11.8. The Morgan fingerprint density at radius 3 is 2.88 bits per heavy atom. The van der Waals surface area contributed by atoms with Gasteiger partial charge < -0.3 is 10.3 Å². The molecule has 4 rings (SSSR count). The lowest BCUT2D eigenvalue weighted by molar-refractivity contribution is 0.590. The molecule has 0 saturated heterocycles. The van der Waals surface area contributed by atoms with Gasteiger partial charge in [0.2, 0.25) is 0 Å². The predicted octanol–water partition coefficient (Wildman–Crippen LogP) is 3.05. The number of rotatable bonds is 4. The average molecular weight is 335 g/mol. The zero-order valence-electron chi connectivity index (χ0n) is 13.1. The van der Waals surface area contributed by atoms with E-state index in [0.29, 0.717) is 23.6 Å². The summed E-state index contributed by atoms with van der Waals surface area (Å²) in [5, 5.41) is 8.14. The van der Waals surface area contributed by atoms with E-state index in [-0.39, 0.29) is 11.4 Å². The maximum Gasteiger partial charge on any atom is 0.271 e. The minimum absolute atomic E-state index is 0.232. The highest BCUT2D eigenvalue weighted by Gasteiger charge is 2.09. The number of fused-ring (bicyclic) bond motifs is 1. The molecule has 7 heteroatoms. The molecule has 0 spiro atoms. The fourth-order valence-electron chi connectivity index (χ4n) is 2.61. The number of aromatic nitrogens is 4. The Morgan fingerprint density at radius 1 is 1.16 bits per heavy atom. The van der Waals surface area contributed by atoms with Gasteiger partial charge in [-0.05, 0) is 18.2 Å². The van der Waals surface area contributed by atoms with Crippen LogP contribution < -0.4 is 10.9 Å². The van der Waals surface area contributed by atoms with Gasteiger partial charge in [0.1, 0.15) is 17.3 Å². The van der Waals surface area contributed by atoms with Crippen molar-refractivity contribution in [2.45, 2.75) is 6.54 Å². The first-order valence-corrected chi connectivity index (χ1v) is 7.70. The van der Waals surface area contributed by atoms with Crippen molar-refractivity contribution in [3.05, 3.63) is 82.8 Å². The third-order valence-corrected chi connectivity index (χ3v) is 3.89. The zero-order valence-corrected chi connectivity index (χ0v) is 13.1. The van der Waals surface area contributed by atoms with Crippen molar-refractivity contribution >= 4 is 22.4 Å². The van der Waals surface area contributed by atoms with Crippen LogP contribution in [0.3, 0.4) is 0 Å². The topological polar surface area (TPSA) is 75.6 Å². The molecule has 0 aliphatic rings. The van der Waals surface area contributed by atoms with Crippen molar-refractivity contribution in [2.75, 3.05) is 5.32 Å². The summed E-state index contributed by atoms with van der Waals surface area (Å²) in [6.45, 7) is 0.311. The standard InChI is InChI=1S/C18H14FN5O/c19-14-5-2-1-4-12(14)11-24-16-8-17(21-9-13(16)10-22-24)23-15-6-3-7-20-18(15)25/h1-10H,11H2,(H,20,25)(H,21,23). The average Bonchev–Trinajstić information content (AvgIpc) is 3.01. The van der Waals surface area contributed by atoms with Gasteiger partial charge in [-0.2, -0.15) is 5.10 Å². The van der Waals surface area contributed by atoms with Crippen LogP contribution in [0.15, 0.2) is 65.8 Å². The van der Waals surface area contributed by atoms with Crippen molar-refractivity contribution in [1.82, 2.24) is 19.7 Å². The Balaban J connectivity index is 1.69. The van der Waals surface area contributed by atoms with Gasteiger partial charge in [0.25, 0.3) is 5.56 Å². The van der Waals surface area contributed by atoms with Crippen LogP contribution in [-0.4, -0.2) is 19.7 Å². The molecule has 0 saturated carbocycles. The van der Waals surface area contributed by atoms with E-state index in [2.05, 4.69) is 20.4 Å². The summed E-state index contributed by atoms with van der Waals surface area (Å²) in [5.41, 5.74) is 1.52. The Morgan fingerprint density at radius 2 is 2.04 bits per heavy atom. The lowest BCUT2D eigenvalue weighted by atomic mass is 10.2. The van der Waals surface area contributed by atoms with Gasteiger partial charge in [0, 0.05) is 29.4 Å². The van der Waals surface area contributed by atoms with E-state index in [9.17, 15) is 9.18 Å². The van der Waals surface area contributed by atoms with E-state index < -0.39 is 0 Å². The number of nitrogens with zero attached hydrogens (tertiary/aromatic N) is 3. The van der Waals surface area contributed by atoms with Crippen LogP contribution in [0.2, 0.25) is 0 Å². The number of hydrogen-bond acceptors (Lipinski definition) is 4. The van der Waals surface area contributed by atoms with E-state index in [4.69, 9.17) is 0 Å². The minimum atomic E-state index is -0.269. The number of hydrogen-bond donors (Lipinski definition) is 2. The molecule has 0 unspecified atom stereocenters. The molecule has 6 nitrogen and oxygen atoms in total. The van der Waals surface area contributed by atoms with Crippen LogP contribution >= 0.6 is 0 Å². The van der Waals surface area contributed by atoms with E-state index >= 15 is 0 Å². The normalized spacial score (nSPS) is 10.9. The highest BCUT2D eigenvalue weighted by molar-refractivity contribution is 5.81. The van der Waals surface area contributed by atoms with Crippen LogP contribution in [-0.2, 0) is 6.54 Å². The smallest absolute Gasteiger partial charge is 0.271 e. The van der Waals surface area contributed by atoms with Crippen molar-refractivity contribution in [3.8, 4) is 0 Å². The van der Waals surface area contributed by atoms with Crippen molar-refractivity contribution in [1.29, 1.82) is 0 Å². The third kappa shape index (κ3) is 2.99. The largest absolute Gasteiger partial charge is 0.336 e. The summed E-state index contributed by atoms with van der Waals surface area (Å²) in [4.78, 5) is 18.7. The van der Waals surface area contributed by atoms with Gasteiger partial charge in [-0.3, -0.25) is 9.48 Å². The first-order chi connectivity index (χ1) is 12.2. The lowest BCUT2D eigenvalue weighted by Gasteiger charge is -2.07. The summed E-state index contributed by atoms with van der Waals surface area (Å²) in [5.74, 6) is 0.244. The van der Waals surface area contributed by atoms with Gasteiger partial charge in [0.05, 0.1) is 18.3 Å². The predicted molar refractivity (Wildman–Crippen MR) is 93.4 cm³/mol. The zero-order chi connectivity index (χ0) is 17.2. The highest BCUT2D eigenvalue weighted by Crippen LogP contribution is 2.20. The first kappa shape index (κ1) is 15.1. The van der Waals surface area contributed by atoms with Crippen LogP contribution in [0, 0.1) is 5.82 Å². The first-order valence-electron chi connectivity index (χ1n) is 7.70. The van der Waals surface area contributed by atoms with Crippen LogP contribution in [0.5, 0.6) is 0 Å². The van der Waals surface area contributed by atoms with E-state index in [1.54, 1.807) is 59.7 Å². The molecule has 0 amide bonds. The number of benzene rings is 1. The van der Waals surface area contributed by atoms with Gasteiger partial charge in [0.15, 0.2) is 0 Å². The lowest BCUT2D eigenvalue weighted by Crippen LogP contribution is -2.10. The Bertz CT molecular complexity index is 1100. The maximum atomic E-state index is 13.9. The molecule has 2 N–H and O–H groups in total. The maximum absolute atomic E-state index is 13.9. The summed E-state index contributed by atoms with van der Waals surface area (Å²) >= 11 is 0. The number of H-pyrrole nitrogens is 1. The van der Waals surface area contributed by atoms with Crippen molar-refractivity contribution in [2.24, 2.45) is 0 Å². The molecule has 3 aromatic heterocycles. The molecule has 1 aromatic carbocycles. The molecule has 4 aromatic rings. The van der Waals surface area contributed by atoms with Crippen molar-refractivity contribution in [3.63, 3.8) is 0 Å². The molecule has 0 aliphatic heterocycles. The minimum Gasteiger partial charge on any atom is -0.336 e. The van der Waals surface area contributed by atoms with E-state index in [1.165, 1.54) is 6.07 Å². The third-order valence-electron chi connectivity index (χ3n) is 3.89. The number of anilines is 2. The van der Waals surface area contributed by atoms with Crippen LogP contribution in [0.4, 0.5) is 15.9 Å². The van der Waals surface area contributed by atoms with Crippen molar-refractivity contribution < 1.29 is 4.39 Å². The number of halogens is 1. The highest BCUT2D eigenvalue weighted by atomic mass is 19.1. The summed E-state index contributed by atoms with van der Waals surface area (Å²) < 4.78 is 15.6. The molecular weight excluding hydrogens is 321 g/mol. The summed E-state index contributed by atoms with van der Waals surface area (Å²) in [6.07, 6.45) is 4.91.